The molecule has 2 atom stereocenters. The van der Waals surface area contributed by atoms with Crippen LogP contribution < -0.4 is 0 Å². The van der Waals surface area contributed by atoms with Gasteiger partial charge in [0.1, 0.15) is 5.78 Å². The van der Waals surface area contributed by atoms with Gasteiger partial charge >= 0.3 is 5.97 Å². The average molecular weight is 212 g/mol. The monoisotopic (exact) mass is 212 g/mol. The third kappa shape index (κ3) is 3.65. The fourth-order valence-corrected chi connectivity index (χ4v) is 2.46. The Kier molecular flexibility index (Phi) is 4.79. The van der Waals surface area contributed by atoms with E-state index in [1.807, 2.05) is 0 Å². The number of unbranched alkanes of at least 4 members (excludes halogenated alkanes) is 2. The number of aliphatic carboxylic acids is 1. The highest BCUT2D eigenvalue weighted by molar-refractivity contribution is 5.84. The minimum absolute atomic E-state index is 0.0349. The molecule has 0 heterocycles. The van der Waals surface area contributed by atoms with Crippen LogP contribution in [0.15, 0.2) is 0 Å². The number of carbonyl (C=O) groups is 2. The lowest BCUT2D eigenvalue weighted by molar-refractivity contribution is -0.138. The van der Waals surface area contributed by atoms with Gasteiger partial charge in [-0.3, -0.25) is 9.59 Å². The molecule has 0 radical (unpaired) electrons. The summed E-state index contributed by atoms with van der Waals surface area (Å²) < 4.78 is 0. The third-order valence-corrected chi connectivity index (χ3v) is 3.30. The molecule has 1 unspecified atom stereocenters. The molecule has 0 bridgehead atoms. The summed E-state index contributed by atoms with van der Waals surface area (Å²) in [7, 11) is 0. The highest BCUT2D eigenvalue weighted by atomic mass is 16.4. The van der Waals surface area contributed by atoms with E-state index in [0.717, 1.165) is 32.1 Å². The molecule has 0 saturated heterocycles. The molecule has 1 aliphatic carbocycles. The number of hydrogen-bond acceptors (Lipinski definition) is 2. The van der Waals surface area contributed by atoms with Gasteiger partial charge in [-0.15, -0.1) is 0 Å². The van der Waals surface area contributed by atoms with Gasteiger partial charge in [0, 0.05) is 18.8 Å². The van der Waals surface area contributed by atoms with Crippen molar-refractivity contribution in [1.29, 1.82) is 0 Å². The lowest BCUT2D eigenvalue weighted by atomic mass is 9.88. The van der Waals surface area contributed by atoms with E-state index in [4.69, 9.17) is 5.11 Å². The number of ketones is 1. The third-order valence-electron chi connectivity index (χ3n) is 3.30. The molecule has 0 aliphatic heterocycles. The van der Waals surface area contributed by atoms with Gasteiger partial charge in [0.2, 0.25) is 0 Å². The van der Waals surface area contributed by atoms with E-state index in [2.05, 4.69) is 6.92 Å². The van der Waals surface area contributed by atoms with E-state index in [9.17, 15) is 9.59 Å². The van der Waals surface area contributed by atoms with Crippen LogP contribution in [0.5, 0.6) is 0 Å². The Bertz CT molecular complexity index is 235. The second-order valence-corrected chi connectivity index (χ2v) is 4.47. The van der Waals surface area contributed by atoms with Gasteiger partial charge in [-0.2, -0.15) is 0 Å². The van der Waals surface area contributed by atoms with Crippen LogP contribution in [0.25, 0.3) is 0 Å². The van der Waals surface area contributed by atoms with E-state index in [1.165, 1.54) is 0 Å². The molecule has 0 amide bonds. The predicted octanol–water partition coefficient (Wildman–Crippen LogP) is 2.64. The maximum Gasteiger partial charge on any atom is 0.303 e. The molecule has 0 aromatic rings. The van der Waals surface area contributed by atoms with E-state index in [1.54, 1.807) is 0 Å². The fourth-order valence-electron chi connectivity index (χ4n) is 2.46. The molecule has 3 nitrogen and oxygen atoms in total. The maximum absolute atomic E-state index is 11.6. The largest absolute Gasteiger partial charge is 0.481 e. The topological polar surface area (TPSA) is 54.4 Å². The van der Waals surface area contributed by atoms with E-state index in [-0.39, 0.29) is 24.0 Å². The second kappa shape index (κ2) is 5.89. The van der Waals surface area contributed by atoms with Crippen LogP contribution in [0.3, 0.4) is 0 Å². The lowest BCUT2D eigenvalue weighted by Gasteiger charge is -2.15. The van der Waals surface area contributed by atoms with E-state index < -0.39 is 5.97 Å². The van der Waals surface area contributed by atoms with Crippen molar-refractivity contribution < 1.29 is 14.7 Å². The summed E-state index contributed by atoms with van der Waals surface area (Å²) in [6.07, 6.45) is 5.78. The average Bonchev–Trinajstić information content (AvgIpc) is 2.49. The van der Waals surface area contributed by atoms with Crippen LogP contribution in [0.2, 0.25) is 0 Å². The smallest absolute Gasteiger partial charge is 0.303 e. The Morgan fingerprint density at radius 2 is 2.20 bits per heavy atom. The summed E-state index contributed by atoms with van der Waals surface area (Å²) in [5.41, 5.74) is 0. The van der Waals surface area contributed by atoms with Crippen LogP contribution >= 0.6 is 0 Å². The number of carbonyl (C=O) groups excluding carboxylic acids is 1. The van der Waals surface area contributed by atoms with Gasteiger partial charge in [0.05, 0.1) is 0 Å². The van der Waals surface area contributed by atoms with E-state index >= 15 is 0 Å². The molecular formula is C12H20O3. The number of rotatable bonds is 6. The molecule has 1 fully saturated rings. The number of carboxylic acid groups (broad SMARTS) is 1. The van der Waals surface area contributed by atoms with Crippen molar-refractivity contribution in [2.75, 3.05) is 0 Å². The van der Waals surface area contributed by atoms with Crippen LogP contribution in [0, 0.1) is 11.8 Å². The maximum atomic E-state index is 11.6. The Labute approximate surface area is 90.9 Å². The molecule has 1 aliphatic rings. The van der Waals surface area contributed by atoms with Gasteiger partial charge < -0.3 is 5.11 Å². The zero-order valence-corrected chi connectivity index (χ0v) is 9.37. The minimum Gasteiger partial charge on any atom is -0.481 e. The van der Waals surface area contributed by atoms with Gasteiger partial charge in [0.15, 0.2) is 0 Å². The molecule has 86 valence electrons. The van der Waals surface area contributed by atoms with Crippen molar-refractivity contribution in [1.82, 2.24) is 0 Å². The highest BCUT2D eigenvalue weighted by Crippen LogP contribution is 2.34. The van der Waals surface area contributed by atoms with Crippen molar-refractivity contribution in [3.05, 3.63) is 0 Å². The molecule has 0 aromatic carbocycles. The highest BCUT2D eigenvalue weighted by Gasteiger charge is 2.34. The van der Waals surface area contributed by atoms with Crippen molar-refractivity contribution in [2.45, 2.75) is 51.9 Å². The molecule has 1 saturated carbocycles. The van der Waals surface area contributed by atoms with Gasteiger partial charge in [-0.05, 0) is 18.8 Å². The van der Waals surface area contributed by atoms with Gasteiger partial charge in [-0.25, -0.2) is 0 Å². The fraction of sp³-hybridized carbons (Fsp3) is 0.833. The minimum atomic E-state index is -0.768. The summed E-state index contributed by atoms with van der Waals surface area (Å²) in [5.74, 6) is -0.341. The van der Waals surface area contributed by atoms with Crippen LogP contribution in [0.4, 0.5) is 0 Å². The summed E-state index contributed by atoms with van der Waals surface area (Å²) >= 11 is 0. The normalized spacial score (nSPS) is 25.8. The summed E-state index contributed by atoms with van der Waals surface area (Å²) in [6.45, 7) is 2.13. The van der Waals surface area contributed by atoms with Crippen molar-refractivity contribution in [3.63, 3.8) is 0 Å². The Balaban J connectivity index is 2.41. The standard InChI is InChI=1S/C12H20O3/c1-2-3-4-5-10-9(8-12(14)15)6-7-11(10)13/h9-10H,2-8H2,1H3,(H,14,15)/t9-,10?/m1/s1. The first-order chi connectivity index (χ1) is 7.15. The second-order valence-electron chi connectivity index (χ2n) is 4.47. The zero-order valence-electron chi connectivity index (χ0n) is 9.37. The van der Waals surface area contributed by atoms with Gasteiger partial charge in [-0.1, -0.05) is 26.2 Å². The molecule has 3 heteroatoms. The first-order valence-electron chi connectivity index (χ1n) is 5.89. The number of hydrogen-bond donors (Lipinski definition) is 1. The number of carboxylic acids is 1. The van der Waals surface area contributed by atoms with Gasteiger partial charge in [0.25, 0.3) is 0 Å². The van der Waals surface area contributed by atoms with Crippen LogP contribution in [0.1, 0.15) is 51.9 Å². The SMILES string of the molecule is CCCCCC1C(=O)CC[C@@H]1CC(=O)O. The molecule has 1 N–H and O–H groups in total. The van der Waals surface area contributed by atoms with E-state index in [0.29, 0.717) is 6.42 Å². The molecular weight excluding hydrogens is 192 g/mol. The van der Waals surface area contributed by atoms with Crippen molar-refractivity contribution in [3.8, 4) is 0 Å². The quantitative estimate of drug-likeness (QED) is 0.688. The summed E-state index contributed by atoms with van der Waals surface area (Å²) in [4.78, 5) is 22.2. The summed E-state index contributed by atoms with van der Waals surface area (Å²) in [6, 6.07) is 0. The first-order valence-corrected chi connectivity index (χ1v) is 5.89. The number of Topliss-reactive ketones (excluding diaryl/α,β-unsaturated/α-hetero) is 1. The first kappa shape index (κ1) is 12.2. The lowest BCUT2D eigenvalue weighted by Crippen LogP contribution is -2.17. The zero-order chi connectivity index (χ0) is 11.3. The van der Waals surface area contributed by atoms with Crippen LogP contribution in [-0.4, -0.2) is 16.9 Å². The molecule has 0 aromatic heterocycles. The van der Waals surface area contributed by atoms with Crippen LogP contribution in [-0.2, 0) is 9.59 Å². The molecule has 15 heavy (non-hydrogen) atoms. The molecule has 1 rings (SSSR count). The predicted molar refractivity (Wildman–Crippen MR) is 57.6 cm³/mol. The Morgan fingerprint density at radius 3 is 2.80 bits per heavy atom. The molecule has 0 spiro atoms. The Morgan fingerprint density at radius 1 is 1.47 bits per heavy atom. The summed E-state index contributed by atoms with van der Waals surface area (Å²) in [5, 5.41) is 8.74. The Hall–Kier alpha value is -0.860. The van der Waals surface area contributed by atoms with Crippen molar-refractivity contribution in [2.24, 2.45) is 11.8 Å². The van der Waals surface area contributed by atoms with Crippen molar-refractivity contribution >= 4 is 11.8 Å².